The summed E-state index contributed by atoms with van der Waals surface area (Å²) in [5.41, 5.74) is 2.21. The van der Waals surface area contributed by atoms with Crippen LogP contribution in [0.2, 0.25) is 5.02 Å². The molecule has 5 nitrogen and oxygen atoms in total. The minimum absolute atomic E-state index is 0.0138. The Kier molecular flexibility index (Phi) is 7.46. The van der Waals surface area contributed by atoms with E-state index in [4.69, 9.17) is 11.6 Å². The molecule has 178 valence electrons. The van der Waals surface area contributed by atoms with E-state index in [9.17, 15) is 18.3 Å². The second-order valence-electron chi connectivity index (χ2n) is 9.57. The van der Waals surface area contributed by atoms with Crippen LogP contribution in [0.15, 0.2) is 47.4 Å². The zero-order valence-corrected chi connectivity index (χ0v) is 20.5. The molecule has 4 rings (SSSR count). The first-order valence-electron chi connectivity index (χ1n) is 11.8. The third kappa shape index (κ3) is 5.28. The third-order valence-electron chi connectivity index (χ3n) is 7.34. The minimum Gasteiger partial charge on any atom is -0.396 e. The van der Waals surface area contributed by atoms with Gasteiger partial charge in [-0.15, -0.1) is 0 Å². The van der Waals surface area contributed by atoms with E-state index >= 15 is 0 Å². The number of nitrogens with one attached hydrogen (secondary N) is 1. The van der Waals surface area contributed by atoms with Crippen molar-refractivity contribution in [1.82, 2.24) is 0 Å². The Morgan fingerprint density at radius 2 is 1.91 bits per heavy atom. The molecule has 2 aromatic rings. The van der Waals surface area contributed by atoms with Crippen LogP contribution < -0.4 is 5.32 Å². The Morgan fingerprint density at radius 3 is 2.61 bits per heavy atom. The normalized spacial score (nSPS) is 22.4. The van der Waals surface area contributed by atoms with E-state index in [1.807, 2.05) is 19.1 Å². The molecule has 1 fully saturated rings. The molecule has 2 aliphatic rings. The number of carbonyl (C=O) groups excluding carboxylic acids is 1. The van der Waals surface area contributed by atoms with Gasteiger partial charge in [0.1, 0.15) is 0 Å². The molecule has 7 heteroatoms. The number of aliphatic hydroxyl groups excluding tert-OH is 1. The van der Waals surface area contributed by atoms with Gasteiger partial charge in [0.05, 0.1) is 10.1 Å². The lowest BCUT2D eigenvalue weighted by Gasteiger charge is -2.31. The average Bonchev–Trinajstić information content (AvgIpc) is 2.83. The van der Waals surface area contributed by atoms with Gasteiger partial charge < -0.3 is 10.4 Å². The highest BCUT2D eigenvalue weighted by atomic mass is 35.5. The highest BCUT2D eigenvalue weighted by Crippen LogP contribution is 2.42. The van der Waals surface area contributed by atoms with Gasteiger partial charge in [-0.2, -0.15) is 0 Å². The van der Waals surface area contributed by atoms with Crippen molar-refractivity contribution in [2.24, 2.45) is 17.8 Å². The summed E-state index contributed by atoms with van der Waals surface area (Å²) >= 11 is 6.07. The maximum atomic E-state index is 13.6. The van der Waals surface area contributed by atoms with E-state index in [2.05, 4.69) is 5.32 Å². The third-order valence-corrected chi connectivity index (χ3v) is 9.69. The number of amides is 1. The number of anilines is 1. The number of benzene rings is 2. The first-order valence-corrected chi connectivity index (χ1v) is 13.8. The van der Waals surface area contributed by atoms with E-state index in [1.54, 1.807) is 24.3 Å². The molecule has 33 heavy (non-hydrogen) atoms. The number of hydrogen-bond acceptors (Lipinski definition) is 4. The quantitative estimate of drug-likeness (QED) is 0.556. The number of aliphatic hydroxyl groups is 1. The van der Waals surface area contributed by atoms with Crippen LogP contribution in [0, 0.1) is 17.8 Å². The molecule has 1 amide bonds. The predicted molar refractivity (Wildman–Crippen MR) is 131 cm³/mol. The summed E-state index contributed by atoms with van der Waals surface area (Å²) < 4.78 is 27.2. The zero-order valence-electron chi connectivity index (χ0n) is 19.0. The van der Waals surface area contributed by atoms with Crippen molar-refractivity contribution in [3.05, 3.63) is 58.6 Å². The van der Waals surface area contributed by atoms with Crippen molar-refractivity contribution in [2.45, 2.75) is 62.0 Å². The molecule has 0 bridgehead atoms. The largest absolute Gasteiger partial charge is 0.396 e. The smallest absolute Gasteiger partial charge is 0.227 e. The highest BCUT2D eigenvalue weighted by Gasteiger charge is 2.37. The summed E-state index contributed by atoms with van der Waals surface area (Å²) in [6, 6.07) is 11.8. The van der Waals surface area contributed by atoms with Crippen molar-refractivity contribution < 1.29 is 18.3 Å². The van der Waals surface area contributed by atoms with Crippen molar-refractivity contribution in [2.75, 3.05) is 11.9 Å². The van der Waals surface area contributed by atoms with Crippen LogP contribution in [0.3, 0.4) is 0 Å². The van der Waals surface area contributed by atoms with Gasteiger partial charge in [0.2, 0.25) is 5.91 Å². The van der Waals surface area contributed by atoms with Crippen LogP contribution in [0.25, 0.3) is 0 Å². The van der Waals surface area contributed by atoms with Gasteiger partial charge in [-0.3, -0.25) is 4.79 Å². The summed E-state index contributed by atoms with van der Waals surface area (Å²) in [5.74, 6) is 0.173. The van der Waals surface area contributed by atoms with Gasteiger partial charge in [0.25, 0.3) is 0 Å². The summed E-state index contributed by atoms with van der Waals surface area (Å²) in [5, 5.41) is 12.4. The Bertz CT molecular complexity index is 1110. The van der Waals surface area contributed by atoms with Gasteiger partial charge in [0, 0.05) is 23.2 Å². The number of halogens is 1. The predicted octanol–water partition coefficient (Wildman–Crippen LogP) is 5.56. The maximum absolute atomic E-state index is 13.6. The van der Waals surface area contributed by atoms with Crippen LogP contribution in [-0.4, -0.2) is 26.0 Å². The van der Waals surface area contributed by atoms with Crippen LogP contribution >= 0.6 is 11.6 Å². The first kappa shape index (κ1) is 24.2. The maximum Gasteiger partial charge on any atom is 0.227 e. The average molecular weight is 490 g/mol. The van der Waals surface area contributed by atoms with E-state index in [0.717, 1.165) is 18.4 Å². The minimum atomic E-state index is -3.73. The number of fused-ring (bicyclic) bond motifs is 1. The summed E-state index contributed by atoms with van der Waals surface area (Å²) in [6.45, 7) is 1.92. The van der Waals surface area contributed by atoms with Crippen LogP contribution in [0.5, 0.6) is 0 Å². The van der Waals surface area contributed by atoms with E-state index in [1.165, 1.54) is 25.3 Å². The summed E-state index contributed by atoms with van der Waals surface area (Å²) in [7, 11) is -3.73. The molecule has 2 aromatic carbocycles. The fourth-order valence-electron chi connectivity index (χ4n) is 5.33. The number of sulfone groups is 1. The summed E-state index contributed by atoms with van der Waals surface area (Å²) in [6.07, 6.45) is 6.70. The lowest BCUT2D eigenvalue weighted by atomic mass is 9.80. The Hall–Kier alpha value is -1.89. The van der Waals surface area contributed by atoms with E-state index < -0.39 is 15.1 Å². The van der Waals surface area contributed by atoms with Gasteiger partial charge in [0.15, 0.2) is 9.84 Å². The molecule has 0 spiro atoms. The lowest BCUT2D eigenvalue weighted by Crippen LogP contribution is -2.29. The van der Waals surface area contributed by atoms with Gasteiger partial charge in [-0.05, 0) is 79.0 Å². The second kappa shape index (κ2) is 10.2. The van der Waals surface area contributed by atoms with Crippen molar-refractivity contribution in [3.63, 3.8) is 0 Å². The Balaban J connectivity index is 1.63. The van der Waals surface area contributed by atoms with Gasteiger partial charge in [-0.25, -0.2) is 8.42 Å². The fourth-order valence-corrected chi connectivity index (χ4v) is 7.55. The molecular formula is C26H32ClNO4S. The SMILES string of the molecule is CC(C(=O)Nc1ccc2c(c1)C(S(=O)(=O)c1cccc(Cl)c1)CC(CO)C2)C1CCCCC1. The van der Waals surface area contributed by atoms with Crippen LogP contribution in [0.4, 0.5) is 5.69 Å². The Morgan fingerprint density at radius 1 is 1.15 bits per heavy atom. The fraction of sp³-hybridized carbons (Fsp3) is 0.500. The van der Waals surface area contributed by atoms with Gasteiger partial charge >= 0.3 is 0 Å². The number of rotatable bonds is 6. The first-order chi connectivity index (χ1) is 15.8. The lowest BCUT2D eigenvalue weighted by molar-refractivity contribution is -0.121. The molecule has 3 atom stereocenters. The van der Waals surface area contributed by atoms with E-state index in [0.29, 0.717) is 35.0 Å². The van der Waals surface area contributed by atoms with Crippen LogP contribution in [-0.2, 0) is 21.1 Å². The molecule has 0 aromatic heterocycles. The molecule has 3 unspecified atom stereocenters. The molecule has 2 aliphatic carbocycles. The molecule has 0 saturated heterocycles. The molecule has 0 radical (unpaired) electrons. The second-order valence-corrected chi connectivity index (χ2v) is 12.1. The number of carbonyl (C=O) groups is 1. The molecule has 0 heterocycles. The molecule has 1 saturated carbocycles. The van der Waals surface area contributed by atoms with Crippen molar-refractivity contribution in [3.8, 4) is 0 Å². The molecule has 2 N–H and O–H groups in total. The monoisotopic (exact) mass is 489 g/mol. The standard InChI is InChI=1S/C26H32ClNO4S/c1-17(19-6-3-2-4-7-19)26(30)28-22-11-10-20-12-18(16-29)13-25(24(20)15-22)33(31,32)23-9-5-8-21(27)14-23/h5,8-11,14-15,17-19,25,29H,2-4,6-7,12-13,16H2,1H3,(H,28,30). The van der Waals surface area contributed by atoms with Crippen molar-refractivity contribution >= 4 is 33.0 Å². The van der Waals surface area contributed by atoms with Gasteiger partial charge in [-0.1, -0.05) is 49.9 Å². The van der Waals surface area contributed by atoms with E-state index in [-0.39, 0.29) is 29.2 Å². The zero-order chi connectivity index (χ0) is 23.6. The van der Waals surface area contributed by atoms with Crippen LogP contribution in [0.1, 0.15) is 61.8 Å². The Labute approximate surface area is 201 Å². The van der Waals surface area contributed by atoms with Crippen molar-refractivity contribution in [1.29, 1.82) is 0 Å². The highest BCUT2D eigenvalue weighted by molar-refractivity contribution is 7.91. The summed E-state index contributed by atoms with van der Waals surface area (Å²) in [4.78, 5) is 13.1. The topological polar surface area (TPSA) is 83.5 Å². The number of hydrogen-bond donors (Lipinski definition) is 2. The molecular weight excluding hydrogens is 458 g/mol. The molecule has 0 aliphatic heterocycles.